The minimum Gasteiger partial charge on any atom is -0.363 e. The molecule has 0 saturated carbocycles. The first-order chi connectivity index (χ1) is 13.9. The van der Waals surface area contributed by atoms with Gasteiger partial charge in [0.1, 0.15) is 0 Å². The highest BCUT2D eigenvalue weighted by Crippen LogP contribution is 2.20. The van der Waals surface area contributed by atoms with E-state index in [1.807, 2.05) is 13.0 Å². The Balaban J connectivity index is 2.28. The maximum absolute atomic E-state index is 12.8. The SMILES string of the molecule is CCCCNC(=S)N(CC[NH+](CC)CC)Cc1cc2c(C)ccc(C)c2[nH]c1=O. The molecule has 0 saturated heterocycles. The first kappa shape index (κ1) is 23.4. The second-order valence-corrected chi connectivity index (χ2v) is 8.21. The Labute approximate surface area is 180 Å². The van der Waals surface area contributed by atoms with Gasteiger partial charge in [-0.15, -0.1) is 0 Å². The molecule has 0 aliphatic rings. The number of hydrogen-bond acceptors (Lipinski definition) is 2. The van der Waals surface area contributed by atoms with Crippen molar-refractivity contribution < 1.29 is 4.90 Å². The van der Waals surface area contributed by atoms with Crippen molar-refractivity contribution in [1.29, 1.82) is 0 Å². The number of pyridine rings is 1. The van der Waals surface area contributed by atoms with Crippen molar-refractivity contribution in [3.8, 4) is 0 Å². The van der Waals surface area contributed by atoms with Crippen LogP contribution in [-0.4, -0.2) is 47.7 Å². The van der Waals surface area contributed by atoms with Crippen molar-refractivity contribution in [1.82, 2.24) is 15.2 Å². The molecule has 0 atom stereocenters. The minimum atomic E-state index is -0.0252. The van der Waals surface area contributed by atoms with E-state index in [0.29, 0.717) is 6.54 Å². The molecule has 29 heavy (non-hydrogen) atoms. The second-order valence-electron chi connectivity index (χ2n) is 7.83. The van der Waals surface area contributed by atoms with E-state index in [1.165, 1.54) is 10.5 Å². The lowest BCUT2D eigenvalue weighted by molar-refractivity contribution is -0.895. The van der Waals surface area contributed by atoms with E-state index in [2.05, 4.69) is 55.0 Å². The molecule has 160 valence electrons. The normalized spacial score (nSPS) is 11.2. The van der Waals surface area contributed by atoms with Crippen LogP contribution in [0.5, 0.6) is 0 Å². The second kappa shape index (κ2) is 11.3. The molecule has 5 nitrogen and oxygen atoms in total. The van der Waals surface area contributed by atoms with Gasteiger partial charge in [-0.1, -0.05) is 25.5 Å². The zero-order valence-electron chi connectivity index (χ0n) is 18.7. The van der Waals surface area contributed by atoms with Crippen LogP contribution in [0.1, 0.15) is 50.3 Å². The summed E-state index contributed by atoms with van der Waals surface area (Å²) in [4.78, 5) is 19.6. The fourth-order valence-electron chi connectivity index (χ4n) is 3.57. The smallest absolute Gasteiger partial charge is 0.253 e. The number of H-pyrrole nitrogens is 1. The molecule has 0 amide bonds. The Bertz CT molecular complexity index is 873. The number of rotatable bonds is 10. The Hall–Kier alpha value is -1.92. The van der Waals surface area contributed by atoms with Crippen molar-refractivity contribution >= 4 is 28.2 Å². The Morgan fingerprint density at radius 2 is 1.86 bits per heavy atom. The number of quaternary nitrogens is 1. The van der Waals surface area contributed by atoms with Crippen LogP contribution in [0.25, 0.3) is 10.9 Å². The third-order valence-electron chi connectivity index (χ3n) is 5.71. The van der Waals surface area contributed by atoms with E-state index < -0.39 is 0 Å². The fourth-order valence-corrected chi connectivity index (χ4v) is 3.83. The van der Waals surface area contributed by atoms with Crippen molar-refractivity contribution in [2.75, 3.05) is 32.7 Å². The van der Waals surface area contributed by atoms with Crippen LogP contribution in [0.4, 0.5) is 0 Å². The number of aromatic nitrogens is 1. The van der Waals surface area contributed by atoms with Gasteiger partial charge in [0.2, 0.25) is 0 Å². The molecule has 0 bridgehead atoms. The summed E-state index contributed by atoms with van der Waals surface area (Å²) in [7, 11) is 0. The number of likely N-dealkylation sites (N-methyl/N-ethyl adjacent to an activating group) is 1. The van der Waals surface area contributed by atoms with Gasteiger partial charge in [0.15, 0.2) is 5.11 Å². The molecule has 0 unspecified atom stereocenters. The molecule has 0 spiro atoms. The van der Waals surface area contributed by atoms with E-state index in [-0.39, 0.29) is 5.56 Å². The van der Waals surface area contributed by atoms with Crippen LogP contribution in [0, 0.1) is 13.8 Å². The van der Waals surface area contributed by atoms with Crippen LogP contribution in [0.2, 0.25) is 0 Å². The molecule has 0 radical (unpaired) electrons. The van der Waals surface area contributed by atoms with Gasteiger partial charge in [0, 0.05) is 17.5 Å². The summed E-state index contributed by atoms with van der Waals surface area (Å²) >= 11 is 5.69. The highest BCUT2D eigenvalue weighted by molar-refractivity contribution is 7.80. The van der Waals surface area contributed by atoms with Gasteiger partial charge in [-0.3, -0.25) is 4.79 Å². The summed E-state index contributed by atoms with van der Waals surface area (Å²) in [6, 6.07) is 6.21. The monoisotopic (exact) mass is 417 g/mol. The number of hydrogen-bond donors (Lipinski definition) is 3. The van der Waals surface area contributed by atoms with Gasteiger partial charge in [-0.05, 0) is 63.5 Å². The number of aryl methyl sites for hydroxylation is 2. The number of fused-ring (bicyclic) bond motifs is 1. The highest BCUT2D eigenvalue weighted by Gasteiger charge is 2.16. The van der Waals surface area contributed by atoms with E-state index in [4.69, 9.17) is 12.2 Å². The maximum atomic E-state index is 12.8. The molecule has 1 aromatic carbocycles. The first-order valence-electron chi connectivity index (χ1n) is 10.9. The van der Waals surface area contributed by atoms with Crippen LogP contribution in [0.15, 0.2) is 23.0 Å². The number of nitrogens with one attached hydrogen (secondary N) is 3. The largest absolute Gasteiger partial charge is 0.363 e. The summed E-state index contributed by atoms with van der Waals surface area (Å²) in [6.45, 7) is 16.1. The first-order valence-corrected chi connectivity index (χ1v) is 11.3. The molecule has 2 aromatic rings. The number of aromatic amines is 1. The van der Waals surface area contributed by atoms with Gasteiger partial charge in [0.05, 0.1) is 38.2 Å². The third kappa shape index (κ3) is 6.28. The minimum absolute atomic E-state index is 0.0252. The summed E-state index contributed by atoms with van der Waals surface area (Å²) in [5.74, 6) is 0. The predicted octanol–water partition coefficient (Wildman–Crippen LogP) is 2.55. The van der Waals surface area contributed by atoms with Gasteiger partial charge in [0.25, 0.3) is 5.56 Å². The van der Waals surface area contributed by atoms with E-state index in [9.17, 15) is 4.79 Å². The van der Waals surface area contributed by atoms with Crippen LogP contribution in [-0.2, 0) is 6.54 Å². The molecule has 3 N–H and O–H groups in total. The molecule has 6 heteroatoms. The fraction of sp³-hybridized carbons (Fsp3) is 0.565. The zero-order valence-corrected chi connectivity index (χ0v) is 19.5. The average Bonchev–Trinajstić information content (AvgIpc) is 2.71. The molecule has 1 heterocycles. The van der Waals surface area contributed by atoms with Crippen LogP contribution < -0.4 is 15.8 Å². The van der Waals surface area contributed by atoms with E-state index in [1.54, 1.807) is 0 Å². The summed E-state index contributed by atoms with van der Waals surface area (Å²) in [5, 5.41) is 5.23. The molecule has 0 aliphatic heterocycles. The van der Waals surface area contributed by atoms with Crippen molar-refractivity contribution in [2.45, 2.75) is 54.0 Å². The molecule has 1 aromatic heterocycles. The quantitative estimate of drug-likeness (QED) is 0.411. The summed E-state index contributed by atoms with van der Waals surface area (Å²) in [6.07, 6.45) is 2.21. The predicted molar refractivity (Wildman–Crippen MR) is 127 cm³/mol. The lowest BCUT2D eigenvalue weighted by atomic mass is 10.0. The number of unbranched alkanes of at least 4 members (excludes halogenated alkanes) is 1. The molecule has 0 fully saturated rings. The lowest BCUT2D eigenvalue weighted by Crippen LogP contribution is -3.12. The Morgan fingerprint density at radius 3 is 2.52 bits per heavy atom. The molecular weight excluding hydrogens is 380 g/mol. The van der Waals surface area contributed by atoms with E-state index in [0.717, 1.165) is 72.7 Å². The molecular formula is C23H37N4OS+. The van der Waals surface area contributed by atoms with Crippen molar-refractivity contribution in [3.05, 3.63) is 45.2 Å². The third-order valence-corrected chi connectivity index (χ3v) is 6.11. The van der Waals surface area contributed by atoms with Gasteiger partial charge in [-0.2, -0.15) is 0 Å². The maximum Gasteiger partial charge on any atom is 0.253 e. The highest BCUT2D eigenvalue weighted by atomic mass is 32.1. The van der Waals surface area contributed by atoms with Gasteiger partial charge >= 0.3 is 0 Å². The van der Waals surface area contributed by atoms with Gasteiger partial charge < -0.3 is 20.1 Å². The zero-order chi connectivity index (χ0) is 21.4. The van der Waals surface area contributed by atoms with Gasteiger partial charge in [-0.25, -0.2) is 0 Å². The summed E-state index contributed by atoms with van der Waals surface area (Å²) < 4.78 is 0. The van der Waals surface area contributed by atoms with Crippen molar-refractivity contribution in [2.24, 2.45) is 0 Å². The number of thiocarbonyl (C=S) groups is 1. The van der Waals surface area contributed by atoms with Crippen molar-refractivity contribution in [3.63, 3.8) is 0 Å². The summed E-state index contributed by atoms with van der Waals surface area (Å²) in [5.41, 5.74) is 3.93. The van der Waals surface area contributed by atoms with Crippen LogP contribution in [0.3, 0.4) is 0 Å². The number of nitrogens with zero attached hydrogens (tertiary/aromatic N) is 1. The lowest BCUT2D eigenvalue weighted by Gasteiger charge is -2.27. The average molecular weight is 418 g/mol. The topological polar surface area (TPSA) is 52.6 Å². The van der Waals surface area contributed by atoms with E-state index >= 15 is 0 Å². The van der Waals surface area contributed by atoms with Crippen LogP contribution >= 0.6 is 12.2 Å². The number of benzene rings is 1. The standard InChI is InChI=1S/C23H36N4OS/c1-6-9-12-24-23(29)27(14-13-26(7-2)8-3)16-19-15-20-17(4)10-11-18(5)21(20)25-22(19)28/h10-11,15H,6-9,12-14,16H2,1-5H3,(H,24,29)(H,25,28)/p+1. The Morgan fingerprint density at radius 1 is 1.17 bits per heavy atom. The molecule has 2 rings (SSSR count). The Kier molecular flexibility index (Phi) is 9.11. The molecule has 0 aliphatic carbocycles.